The average Bonchev–Trinajstić information content (AvgIpc) is 2.75. The number of aromatic nitrogens is 1. The van der Waals surface area contributed by atoms with Crippen molar-refractivity contribution in [3.05, 3.63) is 37.4 Å². The Morgan fingerprint density at radius 3 is 2.87 bits per heavy atom. The lowest BCUT2D eigenvalue weighted by molar-refractivity contribution is 0.179. The molecule has 2 nitrogen and oxygen atoms in total. The zero-order valence-corrected chi connectivity index (χ0v) is 10.5. The number of aliphatic hydroxyl groups is 1. The molecule has 0 bridgehead atoms. The molecule has 0 amide bonds. The highest BCUT2D eigenvalue weighted by atomic mass is 35.5. The number of halogens is 1. The number of nitrogens with zero attached hydrogens (tertiary/aromatic N) is 1. The van der Waals surface area contributed by atoms with Gasteiger partial charge in [0, 0.05) is 22.4 Å². The molecule has 0 aliphatic rings. The van der Waals surface area contributed by atoms with E-state index in [1.165, 1.54) is 22.7 Å². The molecule has 0 saturated heterocycles. The van der Waals surface area contributed by atoms with Gasteiger partial charge in [0.1, 0.15) is 11.1 Å². The van der Waals surface area contributed by atoms with Crippen LogP contribution in [0.25, 0.3) is 0 Å². The van der Waals surface area contributed by atoms with Gasteiger partial charge in [-0.1, -0.05) is 11.6 Å². The molecule has 15 heavy (non-hydrogen) atoms. The molecule has 0 aliphatic carbocycles. The summed E-state index contributed by atoms with van der Waals surface area (Å²) in [6.45, 7) is 1.93. The van der Waals surface area contributed by atoms with Gasteiger partial charge in [-0.05, 0) is 19.1 Å². The first-order chi connectivity index (χ1) is 7.15. The number of hydrogen-bond acceptors (Lipinski definition) is 4. The maximum atomic E-state index is 9.91. The van der Waals surface area contributed by atoms with Gasteiger partial charge in [0.2, 0.25) is 0 Å². The summed E-state index contributed by atoms with van der Waals surface area (Å²) in [6, 6.07) is 3.79. The highest BCUT2D eigenvalue weighted by Crippen LogP contribution is 2.27. The van der Waals surface area contributed by atoms with Crippen molar-refractivity contribution in [3.63, 3.8) is 0 Å². The van der Waals surface area contributed by atoms with Crippen molar-refractivity contribution in [2.75, 3.05) is 0 Å². The Morgan fingerprint density at radius 1 is 1.53 bits per heavy atom. The minimum absolute atomic E-state index is 0.515. The van der Waals surface area contributed by atoms with Crippen LogP contribution in [-0.4, -0.2) is 10.1 Å². The van der Waals surface area contributed by atoms with E-state index in [-0.39, 0.29) is 0 Å². The Balaban J connectivity index is 2.06. The minimum Gasteiger partial charge on any atom is -0.386 e. The Labute approximate surface area is 101 Å². The lowest BCUT2D eigenvalue weighted by atomic mass is 10.2. The number of thiazole rings is 1. The highest BCUT2D eigenvalue weighted by molar-refractivity contribution is 7.16. The Hall–Kier alpha value is -0.420. The fraction of sp³-hybridized carbons (Fsp3) is 0.300. The zero-order chi connectivity index (χ0) is 10.8. The van der Waals surface area contributed by atoms with Gasteiger partial charge in [-0.25, -0.2) is 4.98 Å². The first-order valence-corrected chi connectivity index (χ1v) is 6.57. The fourth-order valence-corrected chi connectivity index (χ4v) is 3.17. The van der Waals surface area contributed by atoms with Gasteiger partial charge >= 0.3 is 0 Å². The number of thiophene rings is 1. The molecule has 1 N–H and O–H groups in total. The van der Waals surface area contributed by atoms with Gasteiger partial charge in [0.15, 0.2) is 0 Å². The standard InChI is InChI=1S/C10H10ClNOS2/c1-6-5-14-10(12-6)8(13)4-7-2-3-9(11)15-7/h2-3,5,8,13H,4H2,1H3. The topological polar surface area (TPSA) is 33.1 Å². The van der Waals surface area contributed by atoms with Crippen LogP contribution in [0.15, 0.2) is 17.5 Å². The first kappa shape index (κ1) is 11.1. The Bertz CT molecular complexity index is 452. The van der Waals surface area contributed by atoms with Gasteiger partial charge in [0.05, 0.1) is 4.34 Å². The number of aliphatic hydroxyl groups excluding tert-OH is 1. The Kier molecular flexibility index (Phi) is 3.41. The molecule has 2 heterocycles. The molecule has 0 saturated carbocycles. The maximum Gasteiger partial charge on any atom is 0.122 e. The van der Waals surface area contributed by atoms with Gasteiger partial charge < -0.3 is 5.11 Å². The van der Waals surface area contributed by atoms with E-state index >= 15 is 0 Å². The molecule has 80 valence electrons. The van der Waals surface area contributed by atoms with Crippen LogP contribution in [-0.2, 0) is 6.42 Å². The van der Waals surface area contributed by atoms with Crippen molar-refractivity contribution in [1.29, 1.82) is 0 Å². The molecule has 1 unspecified atom stereocenters. The predicted molar refractivity (Wildman–Crippen MR) is 64.8 cm³/mol. The van der Waals surface area contributed by atoms with Crippen LogP contribution in [0.2, 0.25) is 4.34 Å². The van der Waals surface area contributed by atoms with E-state index in [0.29, 0.717) is 6.42 Å². The van der Waals surface area contributed by atoms with Crippen molar-refractivity contribution in [2.24, 2.45) is 0 Å². The van der Waals surface area contributed by atoms with E-state index in [2.05, 4.69) is 4.98 Å². The first-order valence-electron chi connectivity index (χ1n) is 4.49. The molecular formula is C10H10ClNOS2. The molecule has 2 aromatic heterocycles. The highest BCUT2D eigenvalue weighted by Gasteiger charge is 2.13. The number of rotatable bonds is 3. The van der Waals surface area contributed by atoms with Crippen LogP contribution < -0.4 is 0 Å². The normalized spacial score (nSPS) is 13.0. The molecule has 5 heteroatoms. The zero-order valence-electron chi connectivity index (χ0n) is 8.11. The molecule has 2 rings (SSSR count). The van der Waals surface area contributed by atoms with Gasteiger partial charge in [-0.3, -0.25) is 0 Å². The summed E-state index contributed by atoms with van der Waals surface area (Å²) in [5.41, 5.74) is 0.957. The number of hydrogen-bond donors (Lipinski definition) is 1. The molecule has 0 fully saturated rings. The molecule has 2 aromatic rings. The van der Waals surface area contributed by atoms with Gasteiger partial charge in [-0.15, -0.1) is 22.7 Å². The lowest BCUT2D eigenvalue weighted by Crippen LogP contribution is -1.99. The van der Waals surface area contributed by atoms with E-state index in [0.717, 1.165) is 19.9 Å². The summed E-state index contributed by atoms with van der Waals surface area (Å²) >= 11 is 8.81. The SMILES string of the molecule is Cc1csc(C(O)Cc2ccc(Cl)s2)n1. The second-order valence-corrected chi connectivity index (χ2v) is 5.94. The third kappa shape index (κ3) is 2.78. The average molecular weight is 260 g/mol. The van der Waals surface area contributed by atoms with E-state index in [4.69, 9.17) is 11.6 Å². The molecule has 0 aromatic carbocycles. The number of aryl methyl sites for hydroxylation is 1. The van der Waals surface area contributed by atoms with E-state index in [9.17, 15) is 5.11 Å². The third-order valence-corrected chi connectivity index (χ3v) is 4.26. The molecule has 0 spiro atoms. The van der Waals surface area contributed by atoms with Gasteiger partial charge in [-0.2, -0.15) is 0 Å². The second-order valence-electron chi connectivity index (χ2n) is 3.25. The van der Waals surface area contributed by atoms with Crippen LogP contribution in [0.3, 0.4) is 0 Å². The van der Waals surface area contributed by atoms with Crippen LogP contribution in [0, 0.1) is 6.92 Å². The summed E-state index contributed by atoms with van der Waals surface area (Å²) in [7, 11) is 0. The van der Waals surface area contributed by atoms with Crippen LogP contribution in [0.5, 0.6) is 0 Å². The summed E-state index contributed by atoms with van der Waals surface area (Å²) in [5.74, 6) is 0. The molecule has 0 aliphatic heterocycles. The predicted octanol–water partition coefficient (Wildman–Crippen LogP) is 3.44. The third-order valence-electron chi connectivity index (χ3n) is 1.95. The Morgan fingerprint density at radius 2 is 2.33 bits per heavy atom. The molecule has 0 radical (unpaired) electrons. The fourth-order valence-electron chi connectivity index (χ4n) is 1.26. The summed E-state index contributed by atoms with van der Waals surface area (Å²) < 4.78 is 0.757. The summed E-state index contributed by atoms with van der Waals surface area (Å²) in [6.07, 6.45) is 0.0723. The second kappa shape index (κ2) is 4.61. The van der Waals surface area contributed by atoms with Crippen LogP contribution >= 0.6 is 34.3 Å². The molecular weight excluding hydrogens is 250 g/mol. The largest absolute Gasteiger partial charge is 0.386 e. The quantitative estimate of drug-likeness (QED) is 0.916. The monoisotopic (exact) mass is 259 g/mol. The maximum absolute atomic E-state index is 9.91. The van der Waals surface area contributed by atoms with Crippen molar-refractivity contribution < 1.29 is 5.11 Å². The van der Waals surface area contributed by atoms with Crippen LogP contribution in [0.1, 0.15) is 21.7 Å². The van der Waals surface area contributed by atoms with Crippen molar-refractivity contribution in [2.45, 2.75) is 19.4 Å². The molecule has 1 atom stereocenters. The lowest BCUT2D eigenvalue weighted by Gasteiger charge is -2.04. The van der Waals surface area contributed by atoms with Gasteiger partial charge in [0.25, 0.3) is 0 Å². The van der Waals surface area contributed by atoms with Crippen molar-refractivity contribution in [3.8, 4) is 0 Å². The van der Waals surface area contributed by atoms with E-state index in [1.54, 1.807) is 0 Å². The smallest absolute Gasteiger partial charge is 0.122 e. The van der Waals surface area contributed by atoms with E-state index in [1.807, 2.05) is 24.4 Å². The summed E-state index contributed by atoms with van der Waals surface area (Å²) in [4.78, 5) is 5.34. The van der Waals surface area contributed by atoms with Crippen molar-refractivity contribution in [1.82, 2.24) is 4.98 Å². The minimum atomic E-state index is -0.515. The van der Waals surface area contributed by atoms with Crippen LogP contribution in [0.4, 0.5) is 0 Å². The summed E-state index contributed by atoms with van der Waals surface area (Å²) in [5, 5.41) is 12.6. The van der Waals surface area contributed by atoms with Crippen molar-refractivity contribution >= 4 is 34.3 Å². The van der Waals surface area contributed by atoms with E-state index < -0.39 is 6.10 Å².